The second-order valence-corrected chi connectivity index (χ2v) is 6.95. The van der Waals surface area contributed by atoms with Gasteiger partial charge in [-0.25, -0.2) is 0 Å². The maximum Gasteiger partial charge on any atom is 0.297 e. The van der Waals surface area contributed by atoms with Crippen LogP contribution in [0.25, 0.3) is 0 Å². The van der Waals surface area contributed by atoms with Crippen molar-refractivity contribution in [2.45, 2.75) is 51.0 Å². The summed E-state index contributed by atoms with van der Waals surface area (Å²) in [5.41, 5.74) is 1.02. The van der Waals surface area contributed by atoms with Crippen LogP contribution in [0.1, 0.15) is 38.7 Å². The Bertz CT molecular complexity index is 517. The summed E-state index contributed by atoms with van der Waals surface area (Å²) >= 11 is 0. The fourth-order valence-corrected chi connectivity index (χ4v) is 3.19. The minimum atomic E-state index is -3.66. The van der Waals surface area contributed by atoms with Crippen molar-refractivity contribution in [1.82, 2.24) is 0 Å². The number of allylic oxidation sites excluding steroid dienone is 1. The Morgan fingerprint density at radius 3 is 2.40 bits per heavy atom. The lowest BCUT2D eigenvalue weighted by atomic mass is 9.99. The predicted molar refractivity (Wildman–Crippen MR) is 82.1 cm³/mol. The topological polar surface area (TPSA) is 43.4 Å². The smallest absolute Gasteiger partial charge is 0.263 e. The lowest BCUT2D eigenvalue weighted by molar-refractivity contribution is 0.194. The molecule has 2 unspecified atom stereocenters. The van der Waals surface area contributed by atoms with E-state index >= 15 is 0 Å². The molecule has 0 bridgehead atoms. The normalized spacial score (nSPS) is 14.8. The molecule has 1 aromatic rings. The van der Waals surface area contributed by atoms with Crippen LogP contribution >= 0.6 is 0 Å². The van der Waals surface area contributed by atoms with E-state index in [1.807, 2.05) is 13.0 Å². The van der Waals surface area contributed by atoms with Gasteiger partial charge in [-0.3, -0.25) is 4.18 Å². The second kappa shape index (κ2) is 7.60. The zero-order valence-corrected chi connectivity index (χ0v) is 13.3. The Balaban J connectivity index is 2.61. The van der Waals surface area contributed by atoms with Gasteiger partial charge in [0.2, 0.25) is 0 Å². The highest BCUT2D eigenvalue weighted by Gasteiger charge is 2.20. The first kappa shape index (κ1) is 16.9. The molecular formula is C16H24O3S. The lowest BCUT2D eigenvalue weighted by Gasteiger charge is -2.17. The fraction of sp³-hybridized carbons (Fsp3) is 0.500. The molecule has 3 nitrogen and oxygen atoms in total. The summed E-state index contributed by atoms with van der Waals surface area (Å²) in [5.74, 6) is 0.413. The maximum atomic E-state index is 12.1. The Morgan fingerprint density at radius 2 is 1.85 bits per heavy atom. The maximum absolute atomic E-state index is 12.1. The average molecular weight is 296 g/mol. The average Bonchev–Trinajstić information content (AvgIpc) is 2.36. The minimum Gasteiger partial charge on any atom is -0.263 e. The van der Waals surface area contributed by atoms with Crippen LogP contribution in [0, 0.1) is 12.8 Å². The van der Waals surface area contributed by atoms with Crippen LogP contribution in [-0.2, 0) is 14.3 Å². The van der Waals surface area contributed by atoms with Gasteiger partial charge in [0, 0.05) is 0 Å². The summed E-state index contributed by atoms with van der Waals surface area (Å²) in [6.45, 7) is 9.51. The third-order valence-corrected chi connectivity index (χ3v) is 4.63. The van der Waals surface area contributed by atoms with Crippen LogP contribution in [0.2, 0.25) is 0 Å². The molecule has 2 atom stereocenters. The van der Waals surface area contributed by atoms with Crippen LogP contribution in [-0.4, -0.2) is 14.5 Å². The molecule has 1 rings (SSSR count). The molecule has 1 aromatic carbocycles. The summed E-state index contributed by atoms with van der Waals surface area (Å²) in [6.07, 6.45) is 4.23. The molecule has 0 fully saturated rings. The van der Waals surface area contributed by atoms with E-state index < -0.39 is 10.1 Å². The van der Waals surface area contributed by atoms with Crippen molar-refractivity contribution in [2.24, 2.45) is 5.92 Å². The third-order valence-electron chi connectivity index (χ3n) is 3.20. The molecule has 0 aliphatic rings. The van der Waals surface area contributed by atoms with Crippen LogP contribution < -0.4 is 0 Å². The predicted octanol–water partition coefficient (Wildman–Crippen LogP) is 4.08. The summed E-state index contributed by atoms with van der Waals surface area (Å²) in [5, 5.41) is 0. The molecule has 0 saturated heterocycles. The van der Waals surface area contributed by atoms with E-state index in [4.69, 9.17) is 4.18 Å². The van der Waals surface area contributed by atoms with Crippen molar-refractivity contribution in [1.29, 1.82) is 0 Å². The van der Waals surface area contributed by atoms with Gasteiger partial charge in [-0.2, -0.15) is 8.42 Å². The number of hydrogen-bond acceptors (Lipinski definition) is 3. The molecule has 0 aliphatic heterocycles. The van der Waals surface area contributed by atoms with Gasteiger partial charge < -0.3 is 0 Å². The minimum absolute atomic E-state index is 0.216. The highest BCUT2D eigenvalue weighted by molar-refractivity contribution is 7.86. The molecule has 0 N–H and O–H groups in total. The summed E-state index contributed by atoms with van der Waals surface area (Å²) in [7, 11) is -3.66. The van der Waals surface area contributed by atoms with Crippen LogP contribution in [0.15, 0.2) is 41.8 Å². The molecule has 0 radical (unpaired) electrons. The largest absolute Gasteiger partial charge is 0.297 e. The highest BCUT2D eigenvalue weighted by Crippen LogP contribution is 2.20. The summed E-state index contributed by atoms with van der Waals surface area (Å²) in [6, 6.07) is 6.71. The zero-order chi connectivity index (χ0) is 15.2. The molecule has 112 valence electrons. The Labute approximate surface area is 122 Å². The van der Waals surface area contributed by atoms with Gasteiger partial charge in [0.05, 0.1) is 11.0 Å². The van der Waals surface area contributed by atoms with Crippen LogP contribution in [0.5, 0.6) is 0 Å². The first-order valence-corrected chi connectivity index (χ1v) is 8.37. The van der Waals surface area contributed by atoms with Gasteiger partial charge in [-0.15, -0.1) is 6.58 Å². The van der Waals surface area contributed by atoms with Gasteiger partial charge in [0.25, 0.3) is 10.1 Å². The number of rotatable bonds is 8. The van der Waals surface area contributed by atoms with Gasteiger partial charge in [0.15, 0.2) is 0 Å². The van der Waals surface area contributed by atoms with E-state index in [2.05, 4.69) is 13.5 Å². The monoisotopic (exact) mass is 296 g/mol. The van der Waals surface area contributed by atoms with Crippen molar-refractivity contribution in [3.63, 3.8) is 0 Å². The summed E-state index contributed by atoms with van der Waals surface area (Å²) < 4.78 is 29.5. The Hall–Kier alpha value is -1.13. The first-order chi connectivity index (χ1) is 9.35. The van der Waals surface area contributed by atoms with Gasteiger partial charge in [-0.1, -0.05) is 30.7 Å². The number of hydrogen-bond donors (Lipinski definition) is 0. The van der Waals surface area contributed by atoms with Crippen molar-refractivity contribution >= 4 is 10.1 Å². The molecule has 0 heterocycles. The number of aryl methyl sites for hydroxylation is 1. The van der Waals surface area contributed by atoms with E-state index in [-0.39, 0.29) is 11.0 Å². The Morgan fingerprint density at radius 1 is 1.25 bits per heavy atom. The Kier molecular flexibility index (Phi) is 6.43. The van der Waals surface area contributed by atoms with E-state index in [0.717, 1.165) is 24.8 Å². The van der Waals surface area contributed by atoms with Crippen molar-refractivity contribution in [2.75, 3.05) is 0 Å². The van der Waals surface area contributed by atoms with Crippen molar-refractivity contribution in [3.05, 3.63) is 42.5 Å². The van der Waals surface area contributed by atoms with E-state index in [1.54, 1.807) is 31.2 Å². The molecule has 20 heavy (non-hydrogen) atoms. The lowest BCUT2D eigenvalue weighted by Crippen LogP contribution is -2.18. The molecule has 0 amide bonds. The first-order valence-electron chi connectivity index (χ1n) is 6.96. The molecule has 0 aromatic heterocycles. The highest BCUT2D eigenvalue weighted by atomic mass is 32.2. The standard InChI is InChI=1S/C16H24O3S/c1-5-6-7-14(3)12-15(4)19-20(17,18)16-10-8-13(2)9-11-16/h5,8-11,14-15H,1,6-7,12H2,2-4H3. The molecule has 0 saturated carbocycles. The van der Waals surface area contributed by atoms with Crippen molar-refractivity contribution < 1.29 is 12.6 Å². The van der Waals surface area contributed by atoms with E-state index in [1.165, 1.54) is 0 Å². The summed E-state index contributed by atoms with van der Waals surface area (Å²) in [4.78, 5) is 0.216. The van der Waals surface area contributed by atoms with Crippen LogP contribution in [0.3, 0.4) is 0 Å². The molecule has 4 heteroatoms. The fourth-order valence-electron chi connectivity index (χ4n) is 2.10. The third kappa shape index (κ3) is 5.47. The van der Waals surface area contributed by atoms with Crippen LogP contribution in [0.4, 0.5) is 0 Å². The van der Waals surface area contributed by atoms with E-state index in [9.17, 15) is 8.42 Å². The zero-order valence-electron chi connectivity index (χ0n) is 12.5. The SMILES string of the molecule is C=CCCC(C)CC(C)OS(=O)(=O)c1ccc(C)cc1. The second-order valence-electron chi connectivity index (χ2n) is 5.38. The van der Waals surface area contributed by atoms with Crippen molar-refractivity contribution in [3.8, 4) is 0 Å². The van der Waals surface area contributed by atoms with Gasteiger partial charge in [0.1, 0.15) is 0 Å². The molecule has 0 spiro atoms. The quantitative estimate of drug-likeness (QED) is 0.536. The number of benzene rings is 1. The molecular weight excluding hydrogens is 272 g/mol. The van der Waals surface area contributed by atoms with Gasteiger partial charge in [-0.05, 0) is 51.2 Å². The van der Waals surface area contributed by atoms with Gasteiger partial charge >= 0.3 is 0 Å². The van der Waals surface area contributed by atoms with E-state index in [0.29, 0.717) is 5.92 Å². The molecule has 0 aliphatic carbocycles.